The first-order chi connectivity index (χ1) is 11.1. The summed E-state index contributed by atoms with van der Waals surface area (Å²) >= 11 is 0. The lowest BCUT2D eigenvalue weighted by Crippen LogP contribution is -2.03. The molecule has 3 rings (SSSR count). The zero-order valence-corrected chi connectivity index (χ0v) is 12.9. The molecule has 0 amide bonds. The summed E-state index contributed by atoms with van der Waals surface area (Å²) in [5.41, 5.74) is 6.78. The maximum absolute atomic E-state index is 10.6. The predicted octanol–water partition coefficient (Wildman–Crippen LogP) is 3.15. The van der Waals surface area contributed by atoms with Gasteiger partial charge in [0.2, 0.25) is 0 Å². The molecule has 0 radical (unpaired) electrons. The van der Waals surface area contributed by atoms with Gasteiger partial charge in [0.25, 0.3) is 0 Å². The van der Waals surface area contributed by atoms with E-state index in [1.54, 1.807) is 19.2 Å². The van der Waals surface area contributed by atoms with Crippen LogP contribution >= 0.6 is 0 Å². The van der Waals surface area contributed by atoms with Gasteiger partial charge in [0, 0.05) is 11.6 Å². The summed E-state index contributed by atoms with van der Waals surface area (Å²) in [5.74, 6) is 0.230. The molecule has 0 bridgehead atoms. The van der Waals surface area contributed by atoms with Crippen molar-refractivity contribution in [1.29, 1.82) is 0 Å². The molecule has 0 saturated carbocycles. The Kier molecular flexibility index (Phi) is 5.09. The number of benzene rings is 2. The van der Waals surface area contributed by atoms with Crippen molar-refractivity contribution in [1.82, 2.24) is 4.98 Å². The summed E-state index contributed by atoms with van der Waals surface area (Å²) in [6.45, 7) is 0. The monoisotopic (exact) mass is 314 g/mol. The van der Waals surface area contributed by atoms with E-state index in [0.29, 0.717) is 5.75 Å². The number of nitrogens with two attached hydrogens (primary N) is 1. The Balaban J connectivity index is 0.000000167. The number of carbonyl (C=O) groups is 1. The van der Waals surface area contributed by atoms with Gasteiger partial charge < -0.3 is 25.3 Å². The molecule has 1 aromatic heterocycles. The highest BCUT2D eigenvalue weighted by molar-refractivity contribution is 5.95. The molecule has 0 saturated heterocycles. The van der Waals surface area contributed by atoms with E-state index in [2.05, 4.69) is 4.98 Å². The summed E-state index contributed by atoms with van der Waals surface area (Å²) in [4.78, 5) is 13.7. The van der Waals surface area contributed by atoms with E-state index < -0.39 is 5.97 Å². The number of fused-ring (bicyclic) bond motifs is 1. The number of carboxylic acids is 1. The van der Waals surface area contributed by atoms with E-state index in [1.807, 2.05) is 30.5 Å². The number of anilines is 1. The van der Waals surface area contributed by atoms with Crippen molar-refractivity contribution in [3.8, 4) is 11.5 Å². The van der Waals surface area contributed by atoms with Gasteiger partial charge in [-0.2, -0.15) is 0 Å². The summed E-state index contributed by atoms with van der Waals surface area (Å²) in [6.07, 6.45) is 1.91. The first kappa shape index (κ1) is 16.2. The molecular weight excluding hydrogens is 296 g/mol. The largest absolute Gasteiger partial charge is 0.495 e. The van der Waals surface area contributed by atoms with Gasteiger partial charge in [-0.05, 0) is 24.3 Å². The van der Waals surface area contributed by atoms with Crippen LogP contribution in [-0.4, -0.2) is 30.3 Å². The molecule has 6 heteroatoms. The second-order valence-electron chi connectivity index (χ2n) is 4.63. The molecule has 1 heterocycles. The van der Waals surface area contributed by atoms with Gasteiger partial charge in [-0.25, -0.2) is 4.79 Å². The molecule has 0 aliphatic heterocycles. The summed E-state index contributed by atoms with van der Waals surface area (Å²) in [7, 11) is 3.12. The fraction of sp³-hybridized carbons (Fsp3) is 0.118. The number of nitrogen functional groups attached to an aromatic ring is 1. The normalized spacial score (nSPS) is 9.83. The Morgan fingerprint density at radius 2 is 1.70 bits per heavy atom. The highest BCUT2D eigenvalue weighted by Gasteiger charge is 2.10. The predicted molar refractivity (Wildman–Crippen MR) is 89.2 cm³/mol. The third-order valence-corrected chi connectivity index (χ3v) is 3.29. The van der Waals surface area contributed by atoms with Crippen LogP contribution in [-0.2, 0) is 0 Å². The standard InChI is InChI=1S/C9H9NO.C8H9NO3/c1-11-8-4-2-3-7-5-6-10-9(7)8;1-12-6-4-2-3-5(7(6)9)8(10)11/h2-6,10H,1H3;2-4H,9H2,1H3,(H,10,11). The van der Waals surface area contributed by atoms with E-state index in [9.17, 15) is 4.79 Å². The molecule has 2 aromatic carbocycles. The lowest BCUT2D eigenvalue weighted by molar-refractivity contribution is 0.0697. The number of methoxy groups -OCH3 is 2. The second kappa shape index (κ2) is 7.22. The maximum atomic E-state index is 10.6. The molecule has 0 atom stereocenters. The van der Waals surface area contributed by atoms with Crippen molar-refractivity contribution in [2.24, 2.45) is 0 Å². The first-order valence-electron chi connectivity index (χ1n) is 6.84. The van der Waals surface area contributed by atoms with Crippen molar-refractivity contribution in [3.63, 3.8) is 0 Å². The van der Waals surface area contributed by atoms with Gasteiger partial charge in [-0.15, -0.1) is 0 Å². The molecular formula is C17H18N2O4. The average molecular weight is 314 g/mol. The van der Waals surface area contributed by atoms with Gasteiger partial charge in [-0.3, -0.25) is 0 Å². The lowest BCUT2D eigenvalue weighted by atomic mass is 10.2. The third kappa shape index (κ3) is 3.55. The van der Waals surface area contributed by atoms with Crippen LogP contribution in [0.3, 0.4) is 0 Å². The number of para-hydroxylation sites is 2. The van der Waals surface area contributed by atoms with Crippen LogP contribution in [0.5, 0.6) is 11.5 Å². The minimum atomic E-state index is -1.05. The Bertz CT molecular complexity index is 811. The fourth-order valence-corrected chi connectivity index (χ4v) is 2.13. The Morgan fingerprint density at radius 3 is 2.35 bits per heavy atom. The lowest BCUT2D eigenvalue weighted by Gasteiger charge is -2.05. The number of aromatic amines is 1. The van der Waals surface area contributed by atoms with Crippen LogP contribution in [0.25, 0.3) is 10.9 Å². The van der Waals surface area contributed by atoms with Crippen molar-refractivity contribution in [2.45, 2.75) is 0 Å². The molecule has 4 N–H and O–H groups in total. The molecule has 6 nitrogen and oxygen atoms in total. The first-order valence-corrected chi connectivity index (χ1v) is 6.84. The number of H-pyrrole nitrogens is 1. The van der Waals surface area contributed by atoms with Crippen LogP contribution in [0.1, 0.15) is 10.4 Å². The van der Waals surface area contributed by atoms with Gasteiger partial charge in [0.15, 0.2) is 0 Å². The molecule has 120 valence electrons. The second-order valence-corrected chi connectivity index (χ2v) is 4.63. The zero-order valence-electron chi connectivity index (χ0n) is 12.9. The van der Waals surface area contributed by atoms with Gasteiger partial charge in [-0.1, -0.05) is 18.2 Å². The van der Waals surface area contributed by atoms with E-state index >= 15 is 0 Å². The SMILES string of the molecule is COc1cccc(C(=O)O)c1N.COc1cccc2cc[nH]c12. The molecule has 0 aliphatic rings. The maximum Gasteiger partial charge on any atom is 0.337 e. The van der Waals surface area contributed by atoms with Crippen molar-refractivity contribution in [3.05, 3.63) is 54.2 Å². The van der Waals surface area contributed by atoms with Gasteiger partial charge in [0.05, 0.1) is 31.0 Å². The number of hydrogen-bond acceptors (Lipinski definition) is 4. The van der Waals surface area contributed by atoms with Crippen LogP contribution in [0, 0.1) is 0 Å². The van der Waals surface area contributed by atoms with E-state index in [0.717, 1.165) is 11.3 Å². The summed E-state index contributed by atoms with van der Waals surface area (Å²) in [6, 6.07) is 12.6. The van der Waals surface area contributed by atoms with Crippen molar-refractivity contribution in [2.75, 3.05) is 20.0 Å². The molecule has 0 fully saturated rings. The summed E-state index contributed by atoms with van der Waals surface area (Å²) in [5, 5.41) is 9.83. The topological polar surface area (TPSA) is 97.6 Å². The summed E-state index contributed by atoms with van der Waals surface area (Å²) < 4.78 is 10.0. The number of aromatic nitrogens is 1. The smallest absolute Gasteiger partial charge is 0.337 e. The number of hydrogen-bond donors (Lipinski definition) is 3. The number of nitrogens with one attached hydrogen (secondary N) is 1. The molecule has 0 aliphatic carbocycles. The molecule has 3 aromatic rings. The van der Waals surface area contributed by atoms with E-state index in [-0.39, 0.29) is 11.3 Å². The third-order valence-electron chi connectivity index (χ3n) is 3.29. The van der Waals surface area contributed by atoms with Crippen LogP contribution in [0.2, 0.25) is 0 Å². The van der Waals surface area contributed by atoms with Crippen LogP contribution < -0.4 is 15.2 Å². The van der Waals surface area contributed by atoms with E-state index in [4.69, 9.17) is 20.3 Å². The Labute approximate surface area is 133 Å². The van der Waals surface area contributed by atoms with Gasteiger partial charge in [0.1, 0.15) is 11.5 Å². The fourth-order valence-electron chi connectivity index (χ4n) is 2.13. The van der Waals surface area contributed by atoms with Gasteiger partial charge >= 0.3 is 5.97 Å². The quantitative estimate of drug-likeness (QED) is 0.645. The number of aromatic carboxylic acids is 1. The Hall–Kier alpha value is -3.15. The highest BCUT2D eigenvalue weighted by atomic mass is 16.5. The minimum absolute atomic E-state index is 0.0642. The number of rotatable bonds is 3. The van der Waals surface area contributed by atoms with Crippen LogP contribution in [0.4, 0.5) is 5.69 Å². The molecule has 0 unspecified atom stereocenters. The Morgan fingerprint density at radius 1 is 1.04 bits per heavy atom. The zero-order chi connectivity index (χ0) is 16.8. The van der Waals surface area contributed by atoms with Crippen molar-refractivity contribution >= 4 is 22.6 Å². The molecule has 0 spiro atoms. The average Bonchev–Trinajstić information content (AvgIpc) is 3.04. The van der Waals surface area contributed by atoms with Crippen LogP contribution in [0.15, 0.2) is 48.7 Å². The van der Waals surface area contributed by atoms with E-state index in [1.165, 1.54) is 18.6 Å². The number of ether oxygens (including phenoxy) is 2. The van der Waals surface area contributed by atoms with Crippen molar-refractivity contribution < 1.29 is 19.4 Å². The molecule has 23 heavy (non-hydrogen) atoms. The highest BCUT2D eigenvalue weighted by Crippen LogP contribution is 2.24. The minimum Gasteiger partial charge on any atom is -0.495 e. The number of carboxylic acid groups (broad SMARTS) is 1.